The number of carbonyl (C=O) groups is 1. The van der Waals surface area contributed by atoms with Crippen LogP contribution in [0.25, 0.3) is 5.57 Å². The second-order valence-corrected chi connectivity index (χ2v) is 4.74. The smallest absolute Gasteiger partial charge is 0.324 e. The molecule has 25 heavy (non-hydrogen) atoms. The average molecular weight is 341 g/mol. The number of aromatic nitrogens is 3. The molecule has 2 N–H and O–H groups in total. The van der Waals surface area contributed by atoms with Crippen LogP contribution in [0.1, 0.15) is 5.69 Å². The number of carbonyl (C=O) groups excluding carboxylic acids is 1. The van der Waals surface area contributed by atoms with Crippen molar-refractivity contribution in [1.82, 2.24) is 15.0 Å². The molecule has 0 saturated heterocycles. The van der Waals surface area contributed by atoms with Crippen molar-refractivity contribution in [2.24, 2.45) is 0 Å². The van der Waals surface area contributed by atoms with Crippen LogP contribution in [0.2, 0.25) is 0 Å². The summed E-state index contributed by atoms with van der Waals surface area (Å²) in [5, 5.41) is 5.15. The van der Waals surface area contributed by atoms with E-state index in [1.807, 2.05) is 0 Å². The molecule has 2 amide bonds. The Bertz CT molecular complexity index is 821. The lowest BCUT2D eigenvalue weighted by Gasteiger charge is -2.11. The van der Waals surface area contributed by atoms with Gasteiger partial charge in [0.25, 0.3) is 0 Å². The third kappa shape index (κ3) is 5.24. The van der Waals surface area contributed by atoms with Crippen molar-refractivity contribution in [2.75, 3.05) is 17.7 Å². The molecule has 0 radical (unpaired) electrons. The standard InChI is InChI=1S/C17H16FN5O2/c1-11(18)7-14(12(2)25-3)15-8-16(21-10-20-15)23-17(24)22-13-5-4-6-19-9-13/h4-10H,1-2H2,3H3,(H2,20,21,22,23,24)/b14-7+. The minimum Gasteiger partial charge on any atom is -0.497 e. The van der Waals surface area contributed by atoms with Gasteiger partial charge in [-0.05, 0) is 18.2 Å². The van der Waals surface area contributed by atoms with E-state index in [0.717, 1.165) is 6.08 Å². The van der Waals surface area contributed by atoms with E-state index in [1.54, 1.807) is 18.3 Å². The lowest BCUT2D eigenvalue weighted by Crippen LogP contribution is -2.20. The van der Waals surface area contributed by atoms with Crippen LogP contribution in [0.15, 0.2) is 67.7 Å². The minimum absolute atomic E-state index is 0.197. The molecule has 2 aromatic heterocycles. The first-order valence-corrected chi connectivity index (χ1v) is 7.09. The number of anilines is 2. The number of urea groups is 1. The Morgan fingerprint density at radius 1 is 1.32 bits per heavy atom. The highest BCUT2D eigenvalue weighted by Gasteiger charge is 2.12. The van der Waals surface area contributed by atoms with E-state index in [9.17, 15) is 9.18 Å². The number of hydrogen-bond donors (Lipinski definition) is 2. The molecule has 2 rings (SSSR count). The van der Waals surface area contributed by atoms with Crippen molar-refractivity contribution in [3.8, 4) is 0 Å². The summed E-state index contributed by atoms with van der Waals surface area (Å²) in [7, 11) is 1.40. The van der Waals surface area contributed by atoms with Crippen molar-refractivity contribution in [3.05, 3.63) is 73.4 Å². The largest absolute Gasteiger partial charge is 0.497 e. The Morgan fingerprint density at radius 2 is 2.12 bits per heavy atom. The molecule has 8 heteroatoms. The molecule has 0 aliphatic heterocycles. The number of pyridine rings is 1. The maximum absolute atomic E-state index is 13.2. The minimum atomic E-state index is -0.685. The normalized spacial score (nSPS) is 10.7. The number of halogens is 1. The Hall–Kier alpha value is -3.55. The molecule has 0 aliphatic carbocycles. The van der Waals surface area contributed by atoms with Gasteiger partial charge in [-0.2, -0.15) is 0 Å². The number of amides is 2. The molecule has 128 valence electrons. The molecule has 2 aromatic rings. The van der Waals surface area contributed by atoms with Gasteiger partial charge in [0, 0.05) is 17.8 Å². The number of allylic oxidation sites excluding steroid dienone is 3. The zero-order valence-corrected chi connectivity index (χ0v) is 13.5. The van der Waals surface area contributed by atoms with Gasteiger partial charge in [0.2, 0.25) is 0 Å². The number of nitrogens with one attached hydrogen (secondary N) is 2. The molecule has 0 unspecified atom stereocenters. The van der Waals surface area contributed by atoms with Crippen molar-refractivity contribution in [1.29, 1.82) is 0 Å². The molecule has 0 fully saturated rings. The molecular formula is C17H16FN5O2. The van der Waals surface area contributed by atoms with Gasteiger partial charge in [-0.3, -0.25) is 10.3 Å². The van der Waals surface area contributed by atoms with Gasteiger partial charge < -0.3 is 10.1 Å². The molecule has 0 atom stereocenters. The summed E-state index contributed by atoms with van der Waals surface area (Å²) in [6.45, 7) is 6.87. The average Bonchev–Trinajstić information content (AvgIpc) is 2.60. The van der Waals surface area contributed by atoms with Crippen LogP contribution in [0.3, 0.4) is 0 Å². The van der Waals surface area contributed by atoms with E-state index in [1.165, 1.54) is 25.7 Å². The number of hydrogen-bond acceptors (Lipinski definition) is 5. The van der Waals surface area contributed by atoms with Crippen molar-refractivity contribution < 1.29 is 13.9 Å². The number of nitrogens with zero attached hydrogens (tertiary/aromatic N) is 3. The Morgan fingerprint density at radius 3 is 2.76 bits per heavy atom. The lowest BCUT2D eigenvalue weighted by atomic mass is 10.1. The van der Waals surface area contributed by atoms with Gasteiger partial charge >= 0.3 is 6.03 Å². The van der Waals surface area contributed by atoms with Crippen LogP contribution in [-0.2, 0) is 4.74 Å². The summed E-state index contributed by atoms with van der Waals surface area (Å²) < 4.78 is 18.2. The highest BCUT2D eigenvalue weighted by Crippen LogP contribution is 2.23. The fourth-order valence-electron chi connectivity index (χ4n) is 1.85. The van der Waals surface area contributed by atoms with Crippen LogP contribution in [0.5, 0.6) is 0 Å². The fraction of sp³-hybridized carbons (Fsp3) is 0.0588. The van der Waals surface area contributed by atoms with Gasteiger partial charge in [0.15, 0.2) is 0 Å². The molecule has 7 nitrogen and oxygen atoms in total. The van der Waals surface area contributed by atoms with Crippen molar-refractivity contribution in [2.45, 2.75) is 0 Å². The number of methoxy groups -OCH3 is 1. The Labute approximate surface area is 144 Å². The Balaban J connectivity index is 2.18. The molecule has 0 aliphatic rings. The first-order chi connectivity index (χ1) is 12.0. The molecular weight excluding hydrogens is 325 g/mol. The fourth-order valence-corrected chi connectivity index (χ4v) is 1.85. The molecule has 0 bridgehead atoms. The highest BCUT2D eigenvalue weighted by atomic mass is 19.1. The first-order valence-electron chi connectivity index (χ1n) is 7.09. The van der Waals surface area contributed by atoms with Crippen LogP contribution in [0.4, 0.5) is 20.7 Å². The SMILES string of the molecule is C=C(F)/C=C(\C(=C)OC)c1cc(NC(=O)Nc2cccnc2)ncn1. The summed E-state index contributed by atoms with van der Waals surface area (Å²) in [5.74, 6) is -0.274. The second kappa shape index (κ2) is 8.34. The van der Waals surface area contributed by atoms with Crippen LogP contribution in [-0.4, -0.2) is 28.1 Å². The Kier molecular flexibility index (Phi) is 5.94. The third-order valence-corrected chi connectivity index (χ3v) is 2.95. The molecule has 0 spiro atoms. The molecule has 0 saturated carbocycles. The summed E-state index contributed by atoms with van der Waals surface area (Å²) in [4.78, 5) is 23.9. The second-order valence-electron chi connectivity index (χ2n) is 4.74. The molecule has 0 aromatic carbocycles. The maximum atomic E-state index is 13.2. The van der Waals surface area contributed by atoms with E-state index in [0.29, 0.717) is 11.4 Å². The monoisotopic (exact) mass is 341 g/mol. The van der Waals surface area contributed by atoms with Crippen LogP contribution < -0.4 is 10.6 Å². The van der Waals surface area contributed by atoms with Gasteiger partial charge in [0.1, 0.15) is 23.7 Å². The molecule has 2 heterocycles. The van der Waals surface area contributed by atoms with E-state index in [-0.39, 0.29) is 17.2 Å². The topological polar surface area (TPSA) is 89.0 Å². The highest BCUT2D eigenvalue weighted by molar-refractivity contribution is 5.99. The van der Waals surface area contributed by atoms with Crippen LogP contribution >= 0.6 is 0 Å². The predicted octanol–water partition coefficient (Wildman–Crippen LogP) is 3.54. The predicted molar refractivity (Wildman–Crippen MR) is 93.3 cm³/mol. The third-order valence-electron chi connectivity index (χ3n) is 2.95. The van der Waals surface area contributed by atoms with Gasteiger partial charge in [0.05, 0.1) is 24.7 Å². The number of rotatable bonds is 6. The van der Waals surface area contributed by atoms with Crippen LogP contribution in [0, 0.1) is 0 Å². The lowest BCUT2D eigenvalue weighted by molar-refractivity contribution is 0.262. The van der Waals surface area contributed by atoms with Gasteiger partial charge in [-0.1, -0.05) is 13.2 Å². The maximum Gasteiger partial charge on any atom is 0.324 e. The zero-order valence-electron chi connectivity index (χ0n) is 13.5. The van der Waals surface area contributed by atoms with Gasteiger partial charge in [-0.25, -0.2) is 19.2 Å². The van der Waals surface area contributed by atoms with Crippen molar-refractivity contribution >= 4 is 23.1 Å². The summed E-state index contributed by atoms with van der Waals surface area (Å²) in [5.41, 5.74) is 1.13. The summed E-state index contributed by atoms with van der Waals surface area (Å²) in [6, 6.07) is 4.33. The van der Waals surface area contributed by atoms with Gasteiger partial charge in [-0.15, -0.1) is 0 Å². The summed E-state index contributed by atoms with van der Waals surface area (Å²) in [6.07, 6.45) is 5.46. The van der Waals surface area contributed by atoms with E-state index in [2.05, 4.69) is 38.7 Å². The van der Waals surface area contributed by atoms with Crippen molar-refractivity contribution in [3.63, 3.8) is 0 Å². The van der Waals surface area contributed by atoms with E-state index < -0.39 is 11.9 Å². The van der Waals surface area contributed by atoms with E-state index in [4.69, 9.17) is 4.74 Å². The summed E-state index contributed by atoms with van der Waals surface area (Å²) >= 11 is 0. The first kappa shape index (κ1) is 17.8. The number of ether oxygens (including phenoxy) is 1. The quantitative estimate of drug-likeness (QED) is 0.620. The zero-order chi connectivity index (χ0) is 18.2. The van der Waals surface area contributed by atoms with E-state index >= 15 is 0 Å².